The third-order valence-electron chi connectivity index (χ3n) is 2.59. The molecule has 1 aromatic carbocycles. The molecule has 100 valence electrons. The molecule has 0 unspecified atom stereocenters. The normalized spacial score (nSPS) is 10.4. The second-order valence-electron chi connectivity index (χ2n) is 4.17. The van der Waals surface area contributed by atoms with Gasteiger partial charge >= 0.3 is 0 Å². The molecule has 4 nitrogen and oxygen atoms in total. The maximum absolute atomic E-state index is 6.14. The molecule has 0 atom stereocenters. The van der Waals surface area contributed by atoms with Crippen molar-refractivity contribution in [3.8, 4) is 0 Å². The number of aryl methyl sites for hydroxylation is 2. The van der Waals surface area contributed by atoms with E-state index in [0.29, 0.717) is 11.0 Å². The lowest BCUT2D eigenvalue weighted by molar-refractivity contribution is 1.10. The van der Waals surface area contributed by atoms with Crippen LogP contribution in [0.5, 0.6) is 0 Å². The van der Waals surface area contributed by atoms with Gasteiger partial charge in [0.05, 0.1) is 5.69 Å². The van der Waals surface area contributed by atoms with Crippen LogP contribution in [0.25, 0.3) is 0 Å². The van der Waals surface area contributed by atoms with Gasteiger partial charge in [-0.05, 0) is 47.5 Å². The molecule has 19 heavy (non-hydrogen) atoms. The molecule has 0 aliphatic rings. The maximum atomic E-state index is 6.14. The Morgan fingerprint density at radius 2 is 1.89 bits per heavy atom. The summed E-state index contributed by atoms with van der Waals surface area (Å²) in [6.07, 6.45) is 0. The summed E-state index contributed by atoms with van der Waals surface area (Å²) in [4.78, 5) is 8.59. The van der Waals surface area contributed by atoms with Crippen LogP contribution in [-0.4, -0.2) is 17.0 Å². The zero-order valence-corrected chi connectivity index (χ0v) is 13.2. The second-order valence-corrected chi connectivity index (χ2v) is 5.44. The topological polar surface area (TPSA) is 49.8 Å². The third-order valence-corrected chi connectivity index (χ3v) is 3.65. The smallest absolute Gasteiger partial charge is 0.224 e. The number of nitrogens with zero attached hydrogens (tertiary/aromatic N) is 2. The van der Waals surface area contributed by atoms with Crippen LogP contribution in [0.2, 0.25) is 5.02 Å². The zero-order valence-electron chi connectivity index (χ0n) is 10.9. The van der Waals surface area contributed by atoms with Crippen molar-refractivity contribution >= 4 is 45.0 Å². The highest BCUT2D eigenvalue weighted by molar-refractivity contribution is 9.10. The quantitative estimate of drug-likeness (QED) is 0.874. The van der Waals surface area contributed by atoms with Gasteiger partial charge in [0.15, 0.2) is 0 Å². The predicted octanol–water partition coefficient (Wildman–Crippen LogP) is 4.29. The van der Waals surface area contributed by atoms with Crippen molar-refractivity contribution in [2.45, 2.75) is 13.8 Å². The molecule has 2 rings (SSSR count). The Hall–Kier alpha value is -1.33. The number of aromatic nitrogens is 2. The highest BCUT2D eigenvalue weighted by Gasteiger charge is 2.07. The lowest BCUT2D eigenvalue weighted by Gasteiger charge is -2.11. The standard InChI is InChI=1S/C13H14BrClN4/c1-7-4-9(14)11(6-10(7)15)18-12-5-8(2)17-13(16-3)19-12/h4-6H,1-3H3,(H2,16,17,18,19). The summed E-state index contributed by atoms with van der Waals surface area (Å²) >= 11 is 9.65. The van der Waals surface area contributed by atoms with E-state index in [-0.39, 0.29) is 0 Å². The van der Waals surface area contributed by atoms with E-state index in [1.807, 2.05) is 32.0 Å². The number of benzene rings is 1. The van der Waals surface area contributed by atoms with Crippen LogP contribution in [0.1, 0.15) is 11.3 Å². The summed E-state index contributed by atoms with van der Waals surface area (Å²) < 4.78 is 0.941. The molecule has 2 aromatic rings. The van der Waals surface area contributed by atoms with Crippen LogP contribution in [0.15, 0.2) is 22.7 Å². The summed E-state index contributed by atoms with van der Waals surface area (Å²) in [5.74, 6) is 1.30. The Kier molecular flexibility index (Phi) is 4.27. The van der Waals surface area contributed by atoms with Crippen molar-refractivity contribution in [3.05, 3.63) is 39.0 Å². The first-order valence-corrected chi connectivity index (χ1v) is 6.93. The number of halogens is 2. The highest BCUT2D eigenvalue weighted by atomic mass is 79.9. The summed E-state index contributed by atoms with van der Waals surface area (Å²) in [5.41, 5.74) is 2.78. The molecule has 0 aliphatic carbocycles. The average molecular weight is 342 g/mol. The molecule has 0 bridgehead atoms. The zero-order chi connectivity index (χ0) is 14.0. The molecule has 0 fully saturated rings. The Morgan fingerprint density at radius 3 is 2.58 bits per heavy atom. The molecule has 2 N–H and O–H groups in total. The Labute approximate surface area is 125 Å². The summed E-state index contributed by atoms with van der Waals surface area (Å²) in [6, 6.07) is 5.72. The lowest BCUT2D eigenvalue weighted by Crippen LogP contribution is -2.02. The van der Waals surface area contributed by atoms with Crippen LogP contribution < -0.4 is 10.6 Å². The number of hydrogen-bond donors (Lipinski definition) is 2. The first-order valence-electron chi connectivity index (χ1n) is 5.75. The fraction of sp³-hybridized carbons (Fsp3) is 0.231. The molecule has 1 aromatic heterocycles. The second kappa shape index (κ2) is 5.75. The minimum Gasteiger partial charge on any atom is -0.357 e. The van der Waals surface area contributed by atoms with Gasteiger partial charge in [0.2, 0.25) is 5.95 Å². The van der Waals surface area contributed by atoms with Gasteiger partial charge in [0.25, 0.3) is 0 Å². The molecule has 0 amide bonds. The Balaban J connectivity index is 2.36. The van der Waals surface area contributed by atoms with Gasteiger partial charge in [-0.1, -0.05) is 11.6 Å². The molecule has 6 heteroatoms. The molecule has 0 saturated carbocycles. The minimum atomic E-state index is 0.580. The van der Waals surface area contributed by atoms with Gasteiger partial charge < -0.3 is 10.6 Å². The largest absolute Gasteiger partial charge is 0.357 e. The fourth-order valence-electron chi connectivity index (χ4n) is 1.62. The summed E-state index contributed by atoms with van der Waals surface area (Å²) in [7, 11) is 1.79. The van der Waals surface area contributed by atoms with Crippen molar-refractivity contribution in [3.63, 3.8) is 0 Å². The number of nitrogens with one attached hydrogen (secondary N) is 2. The van der Waals surface area contributed by atoms with E-state index < -0.39 is 0 Å². The van der Waals surface area contributed by atoms with E-state index in [2.05, 4.69) is 36.5 Å². The Bertz CT molecular complexity index is 616. The van der Waals surface area contributed by atoms with Crippen LogP contribution in [-0.2, 0) is 0 Å². The van der Waals surface area contributed by atoms with Gasteiger partial charge in [-0.3, -0.25) is 0 Å². The van der Waals surface area contributed by atoms with Crippen molar-refractivity contribution in [1.29, 1.82) is 0 Å². The number of anilines is 3. The van der Waals surface area contributed by atoms with Crippen molar-refractivity contribution in [1.82, 2.24) is 9.97 Å². The van der Waals surface area contributed by atoms with Crippen LogP contribution in [0, 0.1) is 13.8 Å². The predicted molar refractivity (Wildman–Crippen MR) is 83.5 cm³/mol. The average Bonchev–Trinajstić information content (AvgIpc) is 2.35. The fourth-order valence-corrected chi connectivity index (χ4v) is 2.35. The van der Waals surface area contributed by atoms with Gasteiger partial charge in [-0.2, -0.15) is 4.98 Å². The summed E-state index contributed by atoms with van der Waals surface area (Å²) in [6.45, 7) is 3.88. The lowest BCUT2D eigenvalue weighted by atomic mass is 10.2. The maximum Gasteiger partial charge on any atom is 0.224 e. The molecule has 0 radical (unpaired) electrons. The van der Waals surface area contributed by atoms with E-state index in [0.717, 1.165) is 27.2 Å². The molecule has 0 saturated heterocycles. The van der Waals surface area contributed by atoms with Crippen LogP contribution in [0.3, 0.4) is 0 Å². The van der Waals surface area contributed by atoms with Gasteiger partial charge in [-0.25, -0.2) is 4.98 Å². The molecule has 0 aliphatic heterocycles. The SMILES string of the molecule is CNc1nc(C)cc(Nc2cc(Cl)c(C)cc2Br)n1. The molecular weight excluding hydrogens is 328 g/mol. The van der Waals surface area contributed by atoms with Crippen molar-refractivity contribution < 1.29 is 0 Å². The van der Waals surface area contributed by atoms with E-state index in [4.69, 9.17) is 11.6 Å². The van der Waals surface area contributed by atoms with Crippen molar-refractivity contribution in [2.75, 3.05) is 17.7 Å². The minimum absolute atomic E-state index is 0.580. The van der Waals surface area contributed by atoms with E-state index in [1.54, 1.807) is 7.05 Å². The number of rotatable bonds is 3. The van der Waals surface area contributed by atoms with Gasteiger partial charge in [0, 0.05) is 28.3 Å². The third kappa shape index (κ3) is 3.36. The monoisotopic (exact) mass is 340 g/mol. The van der Waals surface area contributed by atoms with Crippen molar-refractivity contribution in [2.24, 2.45) is 0 Å². The van der Waals surface area contributed by atoms with E-state index in [1.165, 1.54) is 0 Å². The molecule has 0 spiro atoms. The first kappa shape index (κ1) is 14.1. The van der Waals surface area contributed by atoms with E-state index >= 15 is 0 Å². The van der Waals surface area contributed by atoms with Gasteiger partial charge in [-0.15, -0.1) is 0 Å². The molecular formula is C13H14BrClN4. The molecule has 1 heterocycles. The van der Waals surface area contributed by atoms with Gasteiger partial charge in [0.1, 0.15) is 5.82 Å². The Morgan fingerprint density at radius 1 is 1.16 bits per heavy atom. The van der Waals surface area contributed by atoms with E-state index in [9.17, 15) is 0 Å². The first-order chi connectivity index (χ1) is 8.99. The van der Waals surface area contributed by atoms with Crippen LogP contribution in [0.4, 0.5) is 17.5 Å². The summed E-state index contributed by atoms with van der Waals surface area (Å²) in [5, 5.41) is 6.88. The highest BCUT2D eigenvalue weighted by Crippen LogP contribution is 2.31. The number of hydrogen-bond acceptors (Lipinski definition) is 4. The van der Waals surface area contributed by atoms with Crippen LogP contribution >= 0.6 is 27.5 Å².